The van der Waals surface area contributed by atoms with Crippen LogP contribution in [-0.4, -0.2) is 45.5 Å². The van der Waals surface area contributed by atoms with Gasteiger partial charge in [-0.2, -0.15) is 5.10 Å². The summed E-state index contributed by atoms with van der Waals surface area (Å²) in [6.07, 6.45) is 8.93. The fourth-order valence-corrected chi connectivity index (χ4v) is 6.45. The van der Waals surface area contributed by atoms with Crippen LogP contribution in [0.25, 0.3) is 44.7 Å². The van der Waals surface area contributed by atoms with Gasteiger partial charge in [0.15, 0.2) is 5.65 Å². The van der Waals surface area contributed by atoms with Crippen LogP contribution < -0.4 is 5.32 Å². The molecule has 5 aromatic rings. The topological polar surface area (TPSA) is 75.7 Å². The standard InChI is InChI=1S/C35H37N5O/c1-22-5-6-23(2)37-33(22)25-8-10-26(11-9-25)34-32-19-29(20-36-35(32)40-39-34)28-12-7-24-13-15-30(16-14-27(24)18-28)38-31-4-3-17-41-21-31/h5-12,18-20,30-31,38H,3-4,13-17,21H2,1-2H3,(H,36,39,40)/t30-,31?/m0/s1. The zero-order valence-corrected chi connectivity index (χ0v) is 23.9. The zero-order chi connectivity index (χ0) is 27.8. The van der Waals surface area contributed by atoms with Gasteiger partial charge in [-0.05, 0) is 86.8 Å². The summed E-state index contributed by atoms with van der Waals surface area (Å²) in [5.74, 6) is 0. The van der Waals surface area contributed by atoms with Gasteiger partial charge in [0.25, 0.3) is 0 Å². The van der Waals surface area contributed by atoms with Crippen molar-refractivity contribution in [3.63, 3.8) is 0 Å². The van der Waals surface area contributed by atoms with Gasteiger partial charge in [-0.3, -0.25) is 10.1 Å². The molecule has 208 valence electrons. The number of ether oxygens (including phenoxy) is 1. The number of hydrogen-bond acceptors (Lipinski definition) is 5. The zero-order valence-electron chi connectivity index (χ0n) is 23.9. The minimum atomic E-state index is 0.506. The number of pyridine rings is 2. The van der Waals surface area contributed by atoms with Crippen molar-refractivity contribution < 1.29 is 4.74 Å². The highest BCUT2D eigenvalue weighted by Crippen LogP contribution is 2.33. The number of rotatable bonds is 5. The van der Waals surface area contributed by atoms with E-state index < -0.39 is 0 Å². The van der Waals surface area contributed by atoms with Crippen LogP contribution in [0.4, 0.5) is 0 Å². The Morgan fingerprint density at radius 1 is 0.805 bits per heavy atom. The molecular weight excluding hydrogens is 506 g/mol. The van der Waals surface area contributed by atoms with Crippen molar-refractivity contribution in [3.8, 4) is 33.6 Å². The van der Waals surface area contributed by atoms with Crippen molar-refractivity contribution in [2.24, 2.45) is 0 Å². The number of aromatic amines is 1. The van der Waals surface area contributed by atoms with E-state index in [0.717, 1.165) is 70.9 Å². The van der Waals surface area contributed by atoms with Gasteiger partial charge in [-0.1, -0.05) is 48.5 Å². The Labute approximate surface area is 241 Å². The first-order valence-corrected chi connectivity index (χ1v) is 15.0. The number of nitrogens with zero attached hydrogens (tertiary/aromatic N) is 3. The molecule has 0 saturated carbocycles. The second kappa shape index (κ2) is 11.2. The molecule has 7 rings (SSSR count). The van der Waals surface area contributed by atoms with E-state index in [0.29, 0.717) is 12.1 Å². The Morgan fingerprint density at radius 3 is 2.44 bits per heavy atom. The lowest BCUT2D eigenvalue weighted by molar-refractivity contribution is 0.0656. The predicted molar refractivity (Wildman–Crippen MR) is 165 cm³/mol. The Balaban J connectivity index is 1.13. The Hall–Kier alpha value is -3.87. The van der Waals surface area contributed by atoms with Crippen LogP contribution in [0.3, 0.4) is 0 Å². The van der Waals surface area contributed by atoms with Gasteiger partial charge < -0.3 is 10.1 Å². The average molecular weight is 544 g/mol. The summed E-state index contributed by atoms with van der Waals surface area (Å²) < 4.78 is 5.70. The van der Waals surface area contributed by atoms with Crippen LogP contribution in [0.2, 0.25) is 0 Å². The third kappa shape index (κ3) is 5.42. The summed E-state index contributed by atoms with van der Waals surface area (Å²) in [6, 6.07) is 23.0. The van der Waals surface area contributed by atoms with Gasteiger partial charge in [0.2, 0.25) is 0 Å². The molecule has 0 radical (unpaired) electrons. The van der Waals surface area contributed by atoms with E-state index >= 15 is 0 Å². The molecule has 2 atom stereocenters. The van der Waals surface area contributed by atoms with E-state index in [9.17, 15) is 0 Å². The number of benzene rings is 2. The molecule has 41 heavy (non-hydrogen) atoms. The maximum atomic E-state index is 5.70. The highest BCUT2D eigenvalue weighted by atomic mass is 16.5. The molecule has 6 heteroatoms. The Kier molecular flexibility index (Phi) is 7.11. The number of fused-ring (bicyclic) bond motifs is 2. The molecule has 4 heterocycles. The molecule has 2 aliphatic rings. The van der Waals surface area contributed by atoms with Crippen LogP contribution in [0.15, 0.2) is 66.9 Å². The second-order valence-electron chi connectivity index (χ2n) is 11.7. The molecular formula is C35H37N5O. The molecule has 6 nitrogen and oxygen atoms in total. The summed E-state index contributed by atoms with van der Waals surface area (Å²) in [5.41, 5.74) is 12.5. The summed E-state index contributed by atoms with van der Waals surface area (Å²) in [6.45, 7) is 5.91. The van der Waals surface area contributed by atoms with Crippen LogP contribution in [0.5, 0.6) is 0 Å². The second-order valence-corrected chi connectivity index (χ2v) is 11.7. The third-order valence-electron chi connectivity index (χ3n) is 8.79. The largest absolute Gasteiger partial charge is 0.380 e. The number of hydrogen-bond donors (Lipinski definition) is 2. The summed E-state index contributed by atoms with van der Waals surface area (Å²) in [7, 11) is 0. The Morgan fingerprint density at radius 2 is 1.61 bits per heavy atom. The fraction of sp³-hybridized carbons (Fsp3) is 0.343. The summed E-state index contributed by atoms with van der Waals surface area (Å²) in [4.78, 5) is 9.48. The van der Waals surface area contributed by atoms with E-state index in [-0.39, 0.29) is 0 Å². The van der Waals surface area contributed by atoms with Crippen LogP contribution in [0, 0.1) is 13.8 Å². The molecule has 1 aliphatic heterocycles. The molecule has 2 N–H and O–H groups in total. The monoisotopic (exact) mass is 543 g/mol. The molecule has 1 aliphatic carbocycles. The normalized spacial score (nSPS) is 19.2. The van der Waals surface area contributed by atoms with Gasteiger partial charge in [0.05, 0.1) is 18.0 Å². The van der Waals surface area contributed by atoms with E-state index in [4.69, 9.17) is 14.7 Å². The average Bonchev–Trinajstić information content (AvgIpc) is 3.33. The molecule has 1 unspecified atom stereocenters. The van der Waals surface area contributed by atoms with Crippen molar-refractivity contribution >= 4 is 11.0 Å². The smallest absolute Gasteiger partial charge is 0.181 e. The van der Waals surface area contributed by atoms with Gasteiger partial charge in [-0.25, -0.2) is 4.98 Å². The molecule has 2 aromatic carbocycles. The van der Waals surface area contributed by atoms with E-state index in [1.54, 1.807) is 0 Å². The molecule has 1 fully saturated rings. The van der Waals surface area contributed by atoms with Crippen molar-refractivity contribution in [2.45, 2.75) is 64.5 Å². The van der Waals surface area contributed by atoms with Crippen LogP contribution >= 0.6 is 0 Å². The van der Waals surface area contributed by atoms with Crippen molar-refractivity contribution in [3.05, 3.63) is 89.2 Å². The van der Waals surface area contributed by atoms with Crippen molar-refractivity contribution in [1.82, 2.24) is 25.5 Å². The quantitative estimate of drug-likeness (QED) is 0.234. The maximum Gasteiger partial charge on any atom is 0.181 e. The first kappa shape index (κ1) is 26.1. The number of H-pyrrole nitrogens is 1. The molecule has 0 amide bonds. The van der Waals surface area contributed by atoms with Gasteiger partial charge in [0, 0.05) is 52.7 Å². The van der Waals surface area contributed by atoms with Crippen molar-refractivity contribution in [2.75, 3.05) is 13.2 Å². The lowest BCUT2D eigenvalue weighted by Crippen LogP contribution is -2.43. The van der Waals surface area contributed by atoms with E-state index in [2.05, 4.69) is 83.1 Å². The minimum absolute atomic E-state index is 0.506. The SMILES string of the molecule is Cc1ccc(C)c(-c2ccc(-c3[nH]nc4ncc(-c5ccc6c(c5)CC[C@@H](NC5CCCOC5)CC6)cc34)cc2)n1. The molecule has 3 aromatic heterocycles. The first-order chi connectivity index (χ1) is 20.1. The van der Waals surface area contributed by atoms with E-state index in [1.165, 1.54) is 47.9 Å². The third-order valence-corrected chi connectivity index (χ3v) is 8.79. The summed E-state index contributed by atoms with van der Waals surface area (Å²) >= 11 is 0. The molecule has 0 bridgehead atoms. The number of aromatic nitrogens is 4. The van der Waals surface area contributed by atoms with E-state index in [1.807, 2.05) is 13.1 Å². The lowest BCUT2D eigenvalue weighted by atomic mass is 9.96. The Bertz CT molecular complexity index is 1680. The number of nitrogens with one attached hydrogen (secondary N) is 2. The number of aryl methyl sites for hydroxylation is 4. The van der Waals surface area contributed by atoms with Crippen LogP contribution in [0.1, 0.15) is 48.1 Å². The lowest BCUT2D eigenvalue weighted by Gasteiger charge is -2.28. The molecule has 0 spiro atoms. The van der Waals surface area contributed by atoms with Crippen molar-refractivity contribution in [1.29, 1.82) is 0 Å². The highest BCUT2D eigenvalue weighted by Gasteiger charge is 2.22. The van der Waals surface area contributed by atoms with Gasteiger partial charge >= 0.3 is 0 Å². The minimum Gasteiger partial charge on any atom is -0.380 e. The molecule has 1 saturated heterocycles. The predicted octanol–water partition coefficient (Wildman–Crippen LogP) is 6.99. The highest BCUT2D eigenvalue weighted by molar-refractivity contribution is 5.93. The maximum absolute atomic E-state index is 5.70. The van der Waals surface area contributed by atoms with Gasteiger partial charge in [-0.15, -0.1) is 0 Å². The van der Waals surface area contributed by atoms with Crippen LogP contribution in [-0.2, 0) is 17.6 Å². The van der Waals surface area contributed by atoms with Gasteiger partial charge in [0.1, 0.15) is 0 Å². The first-order valence-electron chi connectivity index (χ1n) is 15.0. The summed E-state index contributed by atoms with van der Waals surface area (Å²) in [5, 5.41) is 12.7. The fourth-order valence-electron chi connectivity index (χ4n) is 6.45.